The Kier molecular flexibility index (Phi) is 3.51. The smallest absolute Gasteiger partial charge is 0.335 e. The maximum atomic E-state index is 10.9. The molecule has 7 heteroatoms. The van der Waals surface area contributed by atoms with Crippen LogP contribution in [0, 0.1) is 0 Å². The molecule has 0 amide bonds. The lowest BCUT2D eigenvalue weighted by atomic mass is 10.1. The average Bonchev–Trinajstić information content (AvgIpc) is 3.21. The highest BCUT2D eigenvalue weighted by atomic mass is 32.1. The van der Waals surface area contributed by atoms with Crippen molar-refractivity contribution in [3.8, 4) is 32.6 Å². The Morgan fingerprint density at radius 3 is 2.65 bits per heavy atom. The maximum absolute atomic E-state index is 10.9. The molecule has 0 spiro atoms. The summed E-state index contributed by atoms with van der Waals surface area (Å²) >= 11 is 3.09. The molecular weight excluding hydrogens is 334 g/mol. The van der Waals surface area contributed by atoms with Gasteiger partial charge >= 0.3 is 5.97 Å². The van der Waals surface area contributed by atoms with E-state index in [1.165, 1.54) is 11.3 Å². The van der Waals surface area contributed by atoms with Crippen LogP contribution >= 0.6 is 22.7 Å². The van der Waals surface area contributed by atoms with E-state index in [0.29, 0.717) is 13.2 Å². The van der Waals surface area contributed by atoms with Crippen LogP contribution in [-0.4, -0.2) is 29.3 Å². The Morgan fingerprint density at radius 1 is 1.09 bits per heavy atom. The summed E-state index contributed by atoms with van der Waals surface area (Å²) in [6, 6.07) is 6.71. The number of nitrogens with zero attached hydrogens (tertiary/aromatic N) is 1. The molecule has 1 aliphatic rings. The van der Waals surface area contributed by atoms with E-state index in [1.807, 2.05) is 10.8 Å². The predicted octanol–water partition coefficient (Wildman–Crippen LogP) is 4.01. The highest BCUT2D eigenvalue weighted by Gasteiger charge is 2.22. The number of rotatable bonds is 3. The number of aromatic nitrogens is 1. The fraction of sp³-hybridized carbons (Fsp3) is 0.125. The van der Waals surface area contributed by atoms with E-state index < -0.39 is 5.97 Å². The van der Waals surface area contributed by atoms with Gasteiger partial charge in [0.05, 0.1) is 11.3 Å². The summed E-state index contributed by atoms with van der Waals surface area (Å²) in [5.41, 5.74) is 1.97. The first-order valence-electron chi connectivity index (χ1n) is 6.89. The number of benzene rings is 1. The zero-order chi connectivity index (χ0) is 15.8. The van der Waals surface area contributed by atoms with E-state index in [1.54, 1.807) is 35.6 Å². The summed E-state index contributed by atoms with van der Waals surface area (Å²) in [7, 11) is 0. The minimum atomic E-state index is -0.933. The number of hydrogen-bond acceptors (Lipinski definition) is 6. The second-order valence-electron chi connectivity index (χ2n) is 4.88. The van der Waals surface area contributed by atoms with Gasteiger partial charge in [-0.15, -0.1) is 22.7 Å². The van der Waals surface area contributed by atoms with Gasteiger partial charge in [0, 0.05) is 16.3 Å². The first-order valence-corrected chi connectivity index (χ1v) is 8.65. The lowest BCUT2D eigenvalue weighted by molar-refractivity contribution is 0.0697. The number of hydrogen-bond donors (Lipinski definition) is 1. The summed E-state index contributed by atoms with van der Waals surface area (Å²) in [4.78, 5) is 16.5. The zero-order valence-electron chi connectivity index (χ0n) is 11.8. The van der Waals surface area contributed by atoms with Crippen LogP contribution in [0.15, 0.2) is 35.0 Å². The van der Waals surface area contributed by atoms with E-state index in [-0.39, 0.29) is 5.56 Å². The number of aromatic carboxylic acids is 1. The molecule has 0 fully saturated rings. The molecule has 2 aromatic heterocycles. The van der Waals surface area contributed by atoms with Crippen LogP contribution in [0.3, 0.4) is 0 Å². The van der Waals surface area contributed by atoms with Gasteiger partial charge in [0.1, 0.15) is 23.1 Å². The Balaban J connectivity index is 1.66. The lowest BCUT2D eigenvalue weighted by Gasteiger charge is -2.15. The van der Waals surface area contributed by atoms with Crippen molar-refractivity contribution in [2.75, 3.05) is 13.2 Å². The number of carbonyl (C=O) groups is 1. The van der Waals surface area contributed by atoms with Gasteiger partial charge in [0.2, 0.25) is 0 Å². The molecule has 5 nitrogen and oxygen atoms in total. The Labute approximate surface area is 139 Å². The lowest BCUT2D eigenvalue weighted by Crippen LogP contribution is -2.14. The standard InChI is InChI=1S/C16H11NO4S2/c18-16(19)10-3-1-9(2-4-10)11-7-23-15(17-11)14-13-12(8-22-14)20-5-6-21-13/h1-4,7-8H,5-6H2,(H,18,19). The molecule has 1 N–H and O–H groups in total. The molecule has 0 saturated heterocycles. The third kappa shape index (κ3) is 2.58. The molecule has 4 rings (SSSR count). The molecule has 1 aromatic carbocycles. The van der Waals surface area contributed by atoms with Crippen LogP contribution in [0.4, 0.5) is 0 Å². The van der Waals surface area contributed by atoms with Crippen molar-refractivity contribution in [1.29, 1.82) is 0 Å². The fourth-order valence-corrected chi connectivity index (χ4v) is 4.17. The van der Waals surface area contributed by atoms with E-state index in [4.69, 9.17) is 14.6 Å². The third-order valence-corrected chi connectivity index (χ3v) is 5.36. The quantitative estimate of drug-likeness (QED) is 0.777. The molecule has 23 heavy (non-hydrogen) atoms. The highest BCUT2D eigenvalue weighted by Crippen LogP contribution is 2.46. The second-order valence-corrected chi connectivity index (χ2v) is 6.61. The SMILES string of the molecule is O=C(O)c1ccc(-c2csc(-c3scc4c3OCCO4)n2)cc1. The molecule has 0 aliphatic carbocycles. The van der Waals surface area contributed by atoms with Crippen molar-refractivity contribution in [3.05, 3.63) is 40.6 Å². The Hall–Kier alpha value is -2.38. The molecule has 0 saturated carbocycles. The van der Waals surface area contributed by atoms with Gasteiger partial charge in [-0.2, -0.15) is 0 Å². The van der Waals surface area contributed by atoms with Gasteiger partial charge in [-0.1, -0.05) is 12.1 Å². The van der Waals surface area contributed by atoms with E-state index >= 15 is 0 Å². The summed E-state index contributed by atoms with van der Waals surface area (Å²) in [5, 5.41) is 13.7. The van der Waals surface area contributed by atoms with E-state index in [9.17, 15) is 4.79 Å². The van der Waals surface area contributed by atoms with Gasteiger partial charge in [0.25, 0.3) is 0 Å². The van der Waals surface area contributed by atoms with Crippen LogP contribution in [-0.2, 0) is 0 Å². The molecule has 0 unspecified atom stereocenters. The third-order valence-electron chi connectivity index (χ3n) is 3.43. The molecule has 0 radical (unpaired) electrons. The number of fused-ring (bicyclic) bond motifs is 1. The first-order chi connectivity index (χ1) is 11.2. The van der Waals surface area contributed by atoms with Crippen molar-refractivity contribution in [3.63, 3.8) is 0 Å². The number of thiophene rings is 1. The van der Waals surface area contributed by atoms with E-state index in [2.05, 4.69) is 4.98 Å². The Bertz CT molecular complexity index is 867. The summed E-state index contributed by atoms with van der Waals surface area (Å²) in [5.74, 6) is 0.611. The van der Waals surface area contributed by atoms with Crippen LogP contribution in [0.2, 0.25) is 0 Å². The fourth-order valence-electron chi connectivity index (χ4n) is 2.30. The zero-order valence-corrected chi connectivity index (χ0v) is 13.4. The van der Waals surface area contributed by atoms with Crippen LogP contribution in [0.5, 0.6) is 11.5 Å². The van der Waals surface area contributed by atoms with Gasteiger partial charge in [-0.05, 0) is 12.1 Å². The molecular formula is C16H11NO4S2. The number of thiazole rings is 1. The van der Waals surface area contributed by atoms with Crippen LogP contribution < -0.4 is 9.47 Å². The average molecular weight is 345 g/mol. The number of ether oxygens (including phenoxy) is 2. The van der Waals surface area contributed by atoms with Crippen molar-refractivity contribution < 1.29 is 19.4 Å². The van der Waals surface area contributed by atoms with Crippen LogP contribution in [0.1, 0.15) is 10.4 Å². The number of carboxylic acid groups (broad SMARTS) is 1. The summed E-state index contributed by atoms with van der Waals surface area (Å²) < 4.78 is 11.3. The van der Waals surface area contributed by atoms with Crippen molar-refractivity contribution in [2.24, 2.45) is 0 Å². The van der Waals surface area contributed by atoms with Gasteiger partial charge < -0.3 is 14.6 Å². The molecule has 0 bridgehead atoms. The van der Waals surface area contributed by atoms with Gasteiger partial charge in [0.15, 0.2) is 11.5 Å². The van der Waals surface area contributed by atoms with Crippen LogP contribution in [0.25, 0.3) is 21.1 Å². The maximum Gasteiger partial charge on any atom is 0.335 e. The van der Waals surface area contributed by atoms with Gasteiger partial charge in [-0.3, -0.25) is 0 Å². The van der Waals surface area contributed by atoms with E-state index in [0.717, 1.165) is 32.6 Å². The molecule has 116 valence electrons. The monoisotopic (exact) mass is 345 g/mol. The highest BCUT2D eigenvalue weighted by molar-refractivity contribution is 7.20. The normalized spacial score (nSPS) is 13.0. The van der Waals surface area contributed by atoms with Crippen molar-refractivity contribution in [2.45, 2.75) is 0 Å². The molecule has 0 atom stereocenters. The minimum Gasteiger partial charge on any atom is -0.485 e. The minimum absolute atomic E-state index is 0.266. The number of carboxylic acids is 1. The van der Waals surface area contributed by atoms with Gasteiger partial charge in [-0.25, -0.2) is 9.78 Å². The summed E-state index contributed by atoms with van der Waals surface area (Å²) in [6.07, 6.45) is 0. The molecule has 3 heterocycles. The van der Waals surface area contributed by atoms with Crippen molar-refractivity contribution in [1.82, 2.24) is 4.98 Å². The van der Waals surface area contributed by atoms with Crippen molar-refractivity contribution >= 4 is 28.6 Å². The largest absolute Gasteiger partial charge is 0.485 e. The summed E-state index contributed by atoms with van der Waals surface area (Å²) in [6.45, 7) is 1.12. The molecule has 1 aliphatic heterocycles. The molecule has 3 aromatic rings. The second kappa shape index (κ2) is 5.68. The predicted molar refractivity (Wildman–Crippen MR) is 88.8 cm³/mol. The first kappa shape index (κ1) is 14.2. The topological polar surface area (TPSA) is 68.7 Å². The Morgan fingerprint density at radius 2 is 1.87 bits per heavy atom.